The molecule has 0 aliphatic heterocycles. The molecule has 0 amide bonds. The molecule has 3 N–H and O–H groups in total. The smallest absolute Gasteiger partial charge is 0.0805 e. The number of aliphatic hydroxyl groups excluding tert-OH is 2. The summed E-state index contributed by atoms with van der Waals surface area (Å²) >= 11 is 0. The van der Waals surface area contributed by atoms with E-state index in [1.54, 1.807) is 0 Å². The van der Waals surface area contributed by atoms with Gasteiger partial charge in [0.15, 0.2) is 0 Å². The van der Waals surface area contributed by atoms with Crippen LogP contribution < -0.4 is 5.32 Å². The molecule has 0 bridgehead atoms. The van der Waals surface area contributed by atoms with Gasteiger partial charge in [0.25, 0.3) is 0 Å². The Morgan fingerprint density at radius 1 is 1.12 bits per heavy atom. The highest BCUT2D eigenvalue weighted by atomic mass is 16.3. The Bertz CT molecular complexity index is 500. The zero-order chi connectivity index (χ0) is 17.6. The average Bonchev–Trinajstić information content (AvgIpc) is 2.65. The molecule has 3 aliphatic carbocycles. The minimum atomic E-state index is -0.513. The average molecular weight is 336 g/mol. The number of fused-ring (bicyclic) bond motifs is 3. The molecular formula is C21H37NO2. The van der Waals surface area contributed by atoms with Crippen molar-refractivity contribution in [2.45, 2.75) is 71.8 Å². The SMILES string of the molecule is CNCC1=CC(O)C2(CO)CCC3C(C)(C)CCCC3(C)C2CC1. The molecule has 0 aromatic carbocycles. The van der Waals surface area contributed by atoms with E-state index in [0.717, 1.165) is 32.2 Å². The summed E-state index contributed by atoms with van der Waals surface area (Å²) in [7, 11) is 1.97. The molecule has 0 spiro atoms. The Labute approximate surface area is 147 Å². The van der Waals surface area contributed by atoms with E-state index in [1.165, 1.54) is 24.8 Å². The minimum Gasteiger partial charge on any atom is -0.396 e. The Hall–Kier alpha value is -0.380. The highest BCUT2D eigenvalue weighted by Gasteiger charge is 2.61. The van der Waals surface area contributed by atoms with Crippen molar-refractivity contribution in [3.63, 3.8) is 0 Å². The van der Waals surface area contributed by atoms with Gasteiger partial charge in [-0.3, -0.25) is 0 Å². The summed E-state index contributed by atoms with van der Waals surface area (Å²) in [5, 5.41) is 24.8. The second kappa shape index (κ2) is 6.41. The normalized spacial score (nSPS) is 44.9. The van der Waals surface area contributed by atoms with E-state index in [4.69, 9.17) is 0 Å². The largest absolute Gasteiger partial charge is 0.396 e. The quantitative estimate of drug-likeness (QED) is 0.692. The van der Waals surface area contributed by atoms with Gasteiger partial charge in [-0.15, -0.1) is 0 Å². The van der Waals surface area contributed by atoms with E-state index in [-0.39, 0.29) is 17.4 Å². The number of aliphatic hydroxyl groups is 2. The van der Waals surface area contributed by atoms with Gasteiger partial charge in [0.05, 0.1) is 12.7 Å². The molecule has 3 rings (SSSR count). The van der Waals surface area contributed by atoms with Gasteiger partial charge in [0.1, 0.15) is 0 Å². The maximum absolute atomic E-state index is 11.1. The minimum absolute atomic E-state index is 0.116. The maximum atomic E-state index is 11.1. The van der Waals surface area contributed by atoms with E-state index in [9.17, 15) is 10.2 Å². The fraction of sp³-hybridized carbons (Fsp3) is 0.905. The lowest BCUT2D eigenvalue weighted by Crippen LogP contribution is -2.59. The maximum Gasteiger partial charge on any atom is 0.0805 e. The number of rotatable bonds is 3. The van der Waals surface area contributed by atoms with Crippen LogP contribution in [0.25, 0.3) is 0 Å². The number of likely N-dealkylation sites (N-methyl/N-ethyl adjacent to an activating group) is 1. The molecule has 0 aromatic heterocycles. The first-order valence-corrected chi connectivity index (χ1v) is 9.93. The summed E-state index contributed by atoms with van der Waals surface area (Å²) in [6, 6.07) is 0. The van der Waals surface area contributed by atoms with Crippen molar-refractivity contribution >= 4 is 0 Å². The van der Waals surface area contributed by atoms with Gasteiger partial charge in [-0.1, -0.05) is 38.8 Å². The molecule has 5 atom stereocenters. The third-order valence-corrected chi connectivity index (χ3v) is 8.10. The van der Waals surface area contributed by atoms with Crippen molar-refractivity contribution in [1.82, 2.24) is 5.32 Å². The van der Waals surface area contributed by atoms with Gasteiger partial charge in [-0.25, -0.2) is 0 Å². The lowest BCUT2D eigenvalue weighted by molar-refractivity contribution is -0.176. The van der Waals surface area contributed by atoms with E-state index in [2.05, 4.69) is 32.2 Å². The van der Waals surface area contributed by atoms with Gasteiger partial charge in [0.2, 0.25) is 0 Å². The van der Waals surface area contributed by atoms with Gasteiger partial charge in [0, 0.05) is 12.0 Å². The summed E-state index contributed by atoms with van der Waals surface area (Å²) in [6.45, 7) is 8.32. The number of nitrogens with one attached hydrogen (secondary N) is 1. The molecule has 0 aromatic rings. The Balaban J connectivity index is 2.00. The van der Waals surface area contributed by atoms with Crippen molar-refractivity contribution in [3.8, 4) is 0 Å². The van der Waals surface area contributed by atoms with E-state index < -0.39 is 6.10 Å². The van der Waals surface area contributed by atoms with Crippen LogP contribution in [0.5, 0.6) is 0 Å². The molecule has 138 valence electrons. The molecule has 0 radical (unpaired) electrons. The Morgan fingerprint density at radius 3 is 2.54 bits per heavy atom. The second-order valence-corrected chi connectivity index (χ2v) is 9.72. The van der Waals surface area contributed by atoms with Gasteiger partial charge in [-0.2, -0.15) is 0 Å². The number of hydrogen-bond donors (Lipinski definition) is 3. The summed E-state index contributed by atoms with van der Waals surface area (Å²) in [4.78, 5) is 0. The molecule has 3 heteroatoms. The molecular weight excluding hydrogens is 298 g/mol. The highest BCUT2D eigenvalue weighted by molar-refractivity contribution is 5.19. The third kappa shape index (κ3) is 2.68. The van der Waals surface area contributed by atoms with Crippen molar-refractivity contribution in [2.75, 3.05) is 20.2 Å². The van der Waals surface area contributed by atoms with Crippen molar-refractivity contribution in [2.24, 2.45) is 28.1 Å². The summed E-state index contributed by atoms with van der Waals surface area (Å²) in [5.74, 6) is 1.12. The molecule has 2 fully saturated rings. The fourth-order valence-corrected chi connectivity index (χ4v) is 6.98. The topological polar surface area (TPSA) is 52.5 Å². The first kappa shape index (κ1) is 18.4. The van der Waals surface area contributed by atoms with Crippen LogP contribution in [0.15, 0.2) is 11.6 Å². The molecule has 5 unspecified atom stereocenters. The van der Waals surface area contributed by atoms with Crippen LogP contribution in [-0.4, -0.2) is 36.5 Å². The van der Waals surface area contributed by atoms with E-state index in [1.807, 2.05) is 7.05 Å². The zero-order valence-corrected chi connectivity index (χ0v) is 16.1. The monoisotopic (exact) mass is 335 g/mol. The molecule has 0 saturated heterocycles. The molecule has 2 saturated carbocycles. The van der Waals surface area contributed by atoms with Gasteiger partial charge >= 0.3 is 0 Å². The fourth-order valence-electron chi connectivity index (χ4n) is 6.98. The van der Waals surface area contributed by atoms with Crippen LogP contribution in [0, 0.1) is 28.1 Å². The first-order valence-electron chi connectivity index (χ1n) is 9.93. The molecule has 3 aliphatic rings. The van der Waals surface area contributed by atoms with E-state index in [0.29, 0.717) is 17.3 Å². The number of hydrogen-bond acceptors (Lipinski definition) is 3. The van der Waals surface area contributed by atoms with Crippen LogP contribution >= 0.6 is 0 Å². The molecule has 3 nitrogen and oxygen atoms in total. The van der Waals surface area contributed by atoms with Gasteiger partial charge in [-0.05, 0) is 68.2 Å². The lowest BCUT2D eigenvalue weighted by Gasteiger charge is -2.63. The predicted octanol–water partition coefficient (Wildman–Crippen LogP) is 3.51. The zero-order valence-electron chi connectivity index (χ0n) is 16.1. The third-order valence-electron chi connectivity index (χ3n) is 8.10. The summed E-state index contributed by atoms with van der Waals surface area (Å²) in [5.41, 5.74) is 1.59. The highest BCUT2D eigenvalue weighted by Crippen LogP contribution is 2.66. The molecule has 0 heterocycles. The van der Waals surface area contributed by atoms with Crippen molar-refractivity contribution in [1.29, 1.82) is 0 Å². The molecule has 24 heavy (non-hydrogen) atoms. The Morgan fingerprint density at radius 2 is 1.88 bits per heavy atom. The van der Waals surface area contributed by atoms with Crippen LogP contribution in [0.2, 0.25) is 0 Å². The van der Waals surface area contributed by atoms with Gasteiger partial charge < -0.3 is 15.5 Å². The van der Waals surface area contributed by atoms with Crippen molar-refractivity contribution in [3.05, 3.63) is 11.6 Å². The Kier molecular flexibility index (Phi) is 4.92. The standard InChI is InChI=1S/C21H37NO2/c1-19(2)9-5-10-20(3)16(19)8-11-21(14-23)17(20)7-6-15(13-22-4)12-18(21)24/h12,16-18,22-24H,5-11,13-14H2,1-4H3. The van der Waals surface area contributed by atoms with Crippen LogP contribution in [-0.2, 0) is 0 Å². The second-order valence-electron chi connectivity index (χ2n) is 9.72. The predicted molar refractivity (Wildman–Crippen MR) is 98.7 cm³/mol. The van der Waals surface area contributed by atoms with Crippen molar-refractivity contribution < 1.29 is 10.2 Å². The first-order chi connectivity index (χ1) is 11.3. The van der Waals surface area contributed by atoms with Crippen LogP contribution in [0.3, 0.4) is 0 Å². The summed E-state index contributed by atoms with van der Waals surface area (Å²) in [6.07, 6.45) is 9.66. The van der Waals surface area contributed by atoms with E-state index >= 15 is 0 Å². The lowest BCUT2D eigenvalue weighted by atomic mass is 9.42. The summed E-state index contributed by atoms with van der Waals surface area (Å²) < 4.78 is 0. The van der Waals surface area contributed by atoms with Crippen LogP contribution in [0.4, 0.5) is 0 Å². The van der Waals surface area contributed by atoms with Crippen LogP contribution in [0.1, 0.15) is 65.7 Å².